The Balaban J connectivity index is 1.78. The fraction of sp³-hybridized carbons (Fsp3) is 0.105. The Labute approximate surface area is 133 Å². The van der Waals surface area contributed by atoms with Crippen LogP contribution in [0.25, 0.3) is 10.9 Å². The highest BCUT2D eigenvalue weighted by Gasteiger charge is 2.35. The number of pyridine rings is 1. The number of carbonyl (C=O) groups excluding carboxylic acids is 2. The van der Waals surface area contributed by atoms with Crippen molar-refractivity contribution in [3.63, 3.8) is 0 Å². The zero-order chi connectivity index (χ0) is 16.0. The summed E-state index contributed by atoms with van der Waals surface area (Å²) in [6.07, 6.45) is 1.73. The normalized spacial score (nSPS) is 13.7. The number of benzene rings is 2. The number of hydrogen-bond donors (Lipinski definition) is 0. The molecule has 1 aromatic heterocycles. The third-order valence-electron chi connectivity index (χ3n) is 4.13. The first-order chi connectivity index (χ1) is 11.1. The molecule has 0 saturated carbocycles. The third kappa shape index (κ3) is 2.11. The summed E-state index contributed by atoms with van der Waals surface area (Å²) in [7, 11) is 0. The molecule has 2 amide bonds. The van der Waals surface area contributed by atoms with Gasteiger partial charge in [-0.1, -0.05) is 29.8 Å². The van der Waals surface area contributed by atoms with Gasteiger partial charge in [0.2, 0.25) is 0 Å². The molecule has 0 spiro atoms. The van der Waals surface area contributed by atoms with E-state index in [2.05, 4.69) is 4.98 Å². The van der Waals surface area contributed by atoms with Gasteiger partial charge in [0.05, 0.1) is 23.2 Å². The minimum absolute atomic E-state index is 0.238. The molecule has 4 rings (SSSR count). The van der Waals surface area contributed by atoms with Crippen molar-refractivity contribution < 1.29 is 9.59 Å². The van der Waals surface area contributed by atoms with E-state index in [1.54, 1.807) is 30.5 Å². The third-order valence-corrected chi connectivity index (χ3v) is 4.13. The largest absolute Gasteiger partial charge is 0.270 e. The highest BCUT2D eigenvalue weighted by molar-refractivity contribution is 6.21. The van der Waals surface area contributed by atoms with Crippen LogP contribution in [0.3, 0.4) is 0 Å². The molecule has 4 heteroatoms. The number of rotatable bonds is 2. The first-order valence-corrected chi connectivity index (χ1v) is 7.44. The summed E-state index contributed by atoms with van der Waals surface area (Å²) in [5, 5.41) is 1.01. The molecule has 0 saturated heterocycles. The SMILES string of the molecule is Cc1cc(CN2C(=O)c3ccccc3C2=O)c2ncccc2c1. The van der Waals surface area contributed by atoms with Crippen molar-refractivity contribution in [2.75, 3.05) is 0 Å². The van der Waals surface area contributed by atoms with E-state index >= 15 is 0 Å². The lowest BCUT2D eigenvalue weighted by molar-refractivity contribution is 0.0643. The smallest absolute Gasteiger partial charge is 0.261 e. The molecular weight excluding hydrogens is 288 g/mol. The van der Waals surface area contributed by atoms with Gasteiger partial charge in [-0.15, -0.1) is 0 Å². The molecular formula is C19H14N2O2. The molecule has 112 valence electrons. The van der Waals surface area contributed by atoms with E-state index in [1.165, 1.54) is 4.90 Å². The second-order valence-electron chi connectivity index (χ2n) is 5.74. The van der Waals surface area contributed by atoms with Crippen LogP contribution in [-0.2, 0) is 6.54 Å². The number of fused-ring (bicyclic) bond motifs is 2. The van der Waals surface area contributed by atoms with Gasteiger partial charge in [0.1, 0.15) is 0 Å². The van der Waals surface area contributed by atoms with Crippen LogP contribution < -0.4 is 0 Å². The first kappa shape index (κ1) is 13.6. The second kappa shape index (κ2) is 5.02. The van der Waals surface area contributed by atoms with E-state index < -0.39 is 0 Å². The lowest BCUT2D eigenvalue weighted by Crippen LogP contribution is -2.29. The number of nitrogens with zero attached hydrogens (tertiary/aromatic N) is 2. The minimum atomic E-state index is -0.240. The summed E-state index contributed by atoms with van der Waals surface area (Å²) in [5.41, 5.74) is 3.74. The second-order valence-corrected chi connectivity index (χ2v) is 5.74. The van der Waals surface area contributed by atoms with Gasteiger partial charge in [0.15, 0.2) is 0 Å². The molecule has 0 aliphatic carbocycles. The molecule has 2 aromatic carbocycles. The van der Waals surface area contributed by atoms with E-state index in [-0.39, 0.29) is 18.4 Å². The van der Waals surface area contributed by atoms with Crippen LogP contribution in [-0.4, -0.2) is 21.7 Å². The number of aryl methyl sites for hydroxylation is 1. The molecule has 0 atom stereocenters. The first-order valence-electron chi connectivity index (χ1n) is 7.44. The van der Waals surface area contributed by atoms with Crippen molar-refractivity contribution in [3.8, 4) is 0 Å². The van der Waals surface area contributed by atoms with Gasteiger partial charge in [0.25, 0.3) is 11.8 Å². The van der Waals surface area contributed by atoms with Crippen molar-refractivity contribution in [3.05, 3.63) is 77.0 Å². The Bertz CT molecular complexity index is 927. The summed E-state index contributed by atoms with van der Waals surface area (Å²) < 4.78 is 0. The van der Waals surface area contributed by atoms with Crippen molar-refractivity contribution in [1.82, 2.24) is 9.88 Å². The van der Waals surface area contributed by atoms with Crippen LogP contribution in [0.15, 0.2) is 54.7 Å². The van der Waals surface area contributed by atoms with E-state index in [0.717, 1.165) is 22.0 Å². The molecule has 0 fully saturated rings. The maximum Gasteiger partial charge on any atom is 0.261 e. The number of imide groups is 1. The molecule has 0 N–H and O–H groups in total. The summed E-state index contributed by atoms with van der Waals surface area (Å²) in [4.78, 5) is 30.7. The standard InChI is InChI=1S/C19H14N2O2/c1-12-9-13-5-4-8-20-17(13)14(10-12)11-21-18(22)15-6-2-3-7-16(15)19(21)23/h2-10H,11H2,1H3. The average Bonchev–Trinajstić information content (AvgIpc) is 2.80. The van der Waals surface area contributed by atoms with Crippen LogP contribution >= 0.6 is 0 Å². The molecule has 1 aliphatic rings. The Hall–Kier alpha value is -3.01. The summed E-state index contributed by atoms with van der Waals surface area (Å²) in [6.45, 7) is 2.24. The molecule has 0 radical (unpaired) electrons. The Morgan fingerprint density at radius 1 is 0.957 bits per heavy atom. The Morgan fingerprint density at radius 3 is 2.35 bits per heavy atom. The molecule has 1 aliphatic heterocycles. The Morgan fingerprint density at radius 2 is 1.65 bits per heavy atom. The van der Waals surface area contributed by atoms with Gasteiger partial charge in [0, 0.05) is 11.6 Å². The predicted molar refractivity (Wildman–Crippen MR) is 87.1 cm³/mol. The quantitative estimate of drug-likeness (QED) is 0.682. The van der Waals surface area contributed by atoms with Crippen molar-refractivity contribution >= 4 is 22.7 Å². The summed E-state index contributed by atoms with van der Waals surface area (Å²) >= 11 is 0. The Kier molecular flexibility index (Phi) is 2.98. The van der Waals surface area contributed by atoms with Gasteiger partial charge >= 0.3 is 0 Å². The molecule has 23 heavy (non-hydrogen) atoms. The van der Waals surface area contributed by atoms with Gasteiger partial charge < -0.3 is 0 Å². The summed E-state index contributed by atoms with van der Waals surface area (Å²) in [5.74, 6) is -0.479. The van der Waals surface area contributed by atoms with Crippen LogP contribution in [0.5, 0.6) is 0 Å². The molecule has 4 nitrogen and oxygen atoms in total. The molecule has 0 bridgehead atoms. The van der Waals surface area contributed by atoms with Crippen LogP contribution in [0.4, 0.5) is 0 Å². The maximum atomic E-state index is 12.5. The van der Waals surface area contributed by atoms with Crippen LogP contribution in [0, 0.1) is 6.92 Å². The maximum absolute atomic E-state index is 12.5. The molecule has 3 aromatic rings. The highest BCUT2D eigenvalue weighted by atomic mass is 16.2. The zero-order valence-electron chi connectivity index (χ0n) is 12.6. The predicted octanol–water partition coefficient (Wildman–Crippen LogP) is 3.34. The zero-order valence-corrected chi connectivity index (χ0v) is 12.6. The number of amides is 2. The number of carbonyl (C=O) groups is 2. The van der Waals surface area contributed by atoms with Gasteiger partial charge in [-0.05, 0) is 36.8 Å². The average molecular weight is 302 g/mol. The van der Waals surface area contributed by atoms with Gasteiger partial charge in [-0.25, -0.2) is 0 Å². The van der Waals surface area contributed by atoms with Gasteiger partial charge in [-0.2, -0.15) is 0 Å². The van der Waals surface area contributed by atoms with Crippen LogP contribution in [0.2, 0.25) is 0 Å². The topological polar surface area (TPSA) is 50.3 Å². The lowest BCUT2D eigenvalue weighted by Gasteiger charge is -2.15. The van der Waals surface area contributed by atoms with E-state index in [4.69, 9.17) is 0 Å². The van der Waals surface area contributed by atoms with Gasteiger partial charge in [-0.3, -0.25) is 19.5 Å². The van der Waals surface area contributed by atoms with Crippen molar-refractivity contribution in [2.24, 2.45) is 0 Å². The molecule has 0 unspecified atom stereocenters. The van der Waals surface area contributed by atoms with E-state index in [9.17, 15) is 9.59 Å². The van der Waals surface area contributed by atoms with E-state index in [1.807, 2.05) is 31.2 Å². The minimum Gasteiger partial charge on any atom is -0.270 e. The molecule has 2 heterocycles. The van der Waals surface area contributed by atoms with E-state index in [0.29, 0.717) is 11.1 Å². The number of hydrogen-bond acceptors (Lipinski definition) is 3. The number of aromatic nitrogens is 1. The fourth-order valence-electron chi connectivity index (χ4n) is 3.11. The highest BCUT2D eigenvalue weighted by Crippen LogP contribution is 2.27. The van der Waals surface area contributed by atoms with Crippen molar-refractivity contribution in [2.45, 2.75) is 13.5 Å². The summed E-state index contributed by atoms with van der Waals surface area (Å²) in [6, 6.07) is 14.8. The van der Waals surface area contributed by atoms with Crippen molar-refractivity contribution in [1.29, 1.82) is 0 Å². The van der Waals surface area contributed by atoms with Crippen LogP contribution in [0.1, 0.15) is 31.8 Å². The lowest BCUT2D eigenvalue weighted by atomic mass is 10.1. The monoisotopic (exact) mass is 302 g/mol. The fourth-order valence-corrected chi connectivity index (χ4v) is 3.11.